The molecule has 1 aromatic carbocycles. The molecule has 1 aliphatic heterocycles. The Hall–Kier alpha value is -2.63. The van der Waals surface area contributed by atoms with Crippen LogP contribution in [0, 0.1) is 0 Å². The molecule has 0 bridgehead atoms. The summed E-state index contributed by atoms with van der Waals surface area (Å²) in [7, 11) is 0. The first-order valence-corrected chi connectivity index (χ1v) is 7.40. The van der Waals surface area contributed by atoms with Crippen molar-refractivity contribution in [1.29, 1.82) is 0 Å². The van der Waals surface area contributed by atoms with E-state index in [1.807, 2.05) is 30.3 Å². The van der Waals surface area contributed by atoms with Crippen LogP contribution in [0.2, 0.25) is 0 Å². The van der Waals surface area contributed by atoms with Crippen molar-refractivity contribution < 1.29 is 9.59 Å². The zero-order chi connectivity index (χ0) is 15.4. The molecule has 1 fully saturated rings. The number of carbonyl (C=O) groups is 2. The Kier molecular flexibility index (Phi) is 4.18. The second kappa shape index (κ2) is 6.43. The van der Waals surface area contributed by atoms with Crippen LogP contribution in [-0.2, 0) is 6.54 Å². The van der Waals surface area contributed by atoms with Gasteiger partial charge in [0.15, 0.2) is 5.69 Å². The molecule has 2 N–H and O–H groups in total. The van der Waals surface area contributed by atoms with Crippen LogP contribution in [0.4, 0.5) is 0 Å². The highest BCUT2D eigenvalue weighted by Gasteiger charge is 2.26. The van der Waals surface area contributed by atoms with Crippen LogP contribution >= 0.6 is 0 Å². The zero-order valence-electron chi connectivity index (χ0n) is 12.2. The van der Waals surface area contributed by atoms with E-state index in [1.165, 1.54) is 6.33 Å². The molecule has 0 atom stereocenters. The maximum Gasteiger partial charge on any atom is 0.272 e. The number of H-pyrrole nitrogens is 1. The topological polar surface area (TPSA) is 78.1 Å². The van der Waals surface area contributed by atoms with Crippen LogP contribution in [0.3, 0.4) is 0 Å². The van der Waals surface area contributed by atoms with Gasteiger partial charge in [0.25, 0.3) is 11.8 Å². The minimum Gasteiger partial charge on any atom is -0.347 e. The number of nitrogens with one attached hydrogen (secondary N) is 2. The maximum absolute atomic E-state index is 12.4. The monoisotopic (exact) mass is 298 g/mol. The lowest BCUT2D eigenvalue weighted by atomic mass is 10.2. The fraction of sp³-hybridized carbons (Fsp3) is 0.312. The molecule has 1 aromatic heterocycles. The van der Waals surface area contributed by atoms with E-state index in [2.05, 4.69) is 15.3 Å². The summed E-state index contributed by atoms with van der Waals surface area (Å²) >= 11 is 0. The molecule has 114 valence electrons. The van der Waals surface area contributed by atoms with Crippen molar-refractivity contribution in [2.45, 2.75) is 19.4 Å². The van der Waals surface area contributed by atoms with Crippen molar-refractivity contribution in [2.75, 3.05) is 13.1 Å². The second-order valence-corrected chi connectivity index (χ2v) is 5.29. The number of carbonyl (C=O) groups excluding carboxylic acids is 2. The molecular formula is C16H18N4O2. The van der Waals surface area contributed by atoms with Crippen molar-refractivity contribution >= 4 is 11.8 Å². The van der Waals surface area contributed by atoms with Gasteiger partial charge in [-0.05, 0) is 18.4 Å². The van der Waals surface area contributed by atoms with Gasteiger partial charge in [0.1, 0.15) is 5.69 Å². The van der Waals surface area contributed by atoms with Gasteiger partial charge in [-0.15, -0.1) is 0 Å². The molecule has 2 heterocycles. The quantitative estimate of drug-likeness (QED) is 0.899. The fourth-order valence-electron chi connectivity index (χ4n) is 2.57. The molecule has 0 aliphatic carbocycles. The SMILES string of the molecule is O=C(NCc1ccccc1)c1nc[nH]c1C(=O)N1CCCC1. The van der Waals surface area contributed by atoms with Gasteiger partial charge in [0.2, 0.25) is 0 Å². The minimum absolute atomic E-state index is 0.153. The summed E-state index contributed by atoms with van der Waals surface area (Å²) in [5.74, 6) is -0.493. The molecule has 0 saturated carbocycles. The fourth-order valence-corrected chi connectivity index (χ4v) is 2.57. The summed E-state index contributed by atoms with van der Waals surface area (Å²) in [5, 5.41) is 2.80. The molecule has 0 radical (unpaired) electrons. The van der Waals surface area contributed by atoms with Crippen molar-refractivity contribution in [3.05, 3.63) is 53.6 Å². The summed E-state index contributed by atoms with van der Waals surface area (Å²) in [6.45, 7) is 1.88. The van der Waals surface area contributed by atoms with E-state index in [9.17, 15) is 9.59 Å². The van der Waals surface area contributed by atoms with Crippen molar-refractivity contribution in [2.24, 2.45) is 0 Å². The number of aromatic nitrogens is 2. The van der Waals surface area contributed by atoms with E-state index in [-0.39, 0.29) is 23.2 Å². The number of likely N-dealkylation sites (tertiary alicyclic amines) is 1. The third-order valence-electron chi connectivity index (χ3n) is 3.76. The summed E-state index contributed by atoms with van der Waals surface area (Å²) in [6.07, 6.45) is 3.41. The molecule has 6 heteroatoms. The Morgan fingerprint density at radius 1 is 1.18 bits per heavy atom. The van der Waals surface area contributed by atoms with Gasteiger partial charge in [-0.3, -0.25) is 9.59 Å². The third kappa shape index (κ3) is 3.00. The van der Waals surface area contributed by atoms with Crippen molar-refractivity contribution in [1.82, 2.24) is 20.2 Å². The summed E-state index contributed by atoms with van der Waals surface area (Å²) in [5.41, 5.74) is 1.43. The smallest absolute Gasteiger partial charge is 0.272 e. The average molecular weight is 298 g/mol. The molecule has 1 saturated heterocycles. The van der Waals surface area contributed by atoms with E-state index in [1.54, 1.807) is 4.90 Å². The number of aromatic amines is 1. The molecule has 2 amide bonds. The molecule has 6 nitrogen and oxygen atoms in total. The van der Waals surface area contributed by atoms with E-state index in [0.29, 0.717) is 6.54 Å². The normalized spacial score (nSPS) is 14.1. The first-order valence-electron chi connectivity index (χ1n) is 7.40. The average Bonchev–Trinajstić information content (AvgIpc) is 3.24. The van der Waals surface area contributed by atoms with E-state index >= 15 is 0 Å². The number of benzene rings is 1. The van der Waals surface area contributed by atoms with Gasteiger partial charge in [0, 0.05) is 19.6 Å². The predicted molar refractivity (Wildman–Crippen MR) is 81.3 cm³/mol. The highest BCUT2D eigenvalue weighted by atomic mass is 16.2. The highest BCUT2D eigenvalue weighted by Crippen LogP contribution is 2.13. The van der Waals surface area contributed by atoms with Crippen LogP contribution in [0.1, 0.15) is 39.4 Å². The van der Waals surface area contributed by atoms with Gasteiger partial charge in [-0.1, -0.05) is 30.3 Å². The van der Waals surface area contributed by atoms with Gasteiger partial charge in [-0.25, -0.2) is 4.98 Å². The first kappa shape index (κ1) is 14.3. The predicted octanol–water partition coefficient (Wildman–Crippen LogP) is 1.58. The molecule has 2 aromatic rings. The van der Waals surface area contributed by atoms with Gasteiger partial charge in [0.05, 0.1) is 6.33 Å². The summed E-state index contributed by atoms with van der Waals surface area (Å²) < 4.78 is 0. The Balaban J connectivity index is 1.68. The largest absolute Gasteiger partial charge is 0.347 e. The van der Waals surface area contributed by atoms with Crippen molar-refractivity contribution in [3.8, 4) is 0 Å². The molecular weight excluding hydrogens is 280 g/mol. The van der Waals surface area contributed by atoms with E-state index in [4.69, 9.17) is 0 Å². The lowest BCUT2D eigenvalue weighted by Crippen LogP contribution is -2.31. The molecule has 3 rings (SSSR count). The van der Waals surface area contributed by atoms with Crippen molar-refractivity contribution in [3.63, 3.8) is 0 Å². The van der Waals surface area contributed by atoms with Gasteiger partial charge < -0.3 is 15.2 Å². The highest BCUT2D eigenvalue weighted by molar-refractivity contribution is 6.04. The van der Waals surface area contributed by atoms with Crippen LogP contribution in [0.5, 0.6) is 0 Å². The number of hydrogen-bond acceptors (Lipinski definition) is 3. The van der Waals surface area contributed by atoms with Crippen LogP contribution in [0.25, 0.3) is 0 Å². The lowest BCUT2D eigenvalue weighted by Gasteiger charge is -2.14. The van der Waals surface area contributed by atoms with Crippen LogP contribution < -0.4 is 5.32 Å². The van der Waals surface area contributed by atoms with Crippen LogP contribution in [0.15, 0.2) is 36.7 Å². The van der Waals surface area contributed by atoms with Crippen LogP contribution in [-0.4, -0.2) is 39.8 Å². The molecule has 0 spiro atoms. The number of amides is 2. The minimum atomic E-state index is -0.340. The number of rotatable bonds is 4. The number of nitrogens with zero attached hydrogens (tertiary/aromatic N) is 2. The third-order valence-corrected chi connectivity index (χ3v) is 3.76. The molecule has 1 aliphatic rings. The summed E-state index contributed by atoms with van der Waals surface area (Å²) in [4.78, 5) is 33.2. The van der Waals surface area contributed by atoms with Gasteiger partial charge >= 0.3 is 0 Å². The Bertz CT molecular complexity index is 660. The first-order chi connectivity index (χ1) is 10.8. The number of imidazole rings is 1. The van der Waals surface area contributed by atoms with E-state index in [0.717, 1.165) is 31.5 Å². The lowest BCUT2D eigenvalue weighted by molar-refractivity contribution is 0.0779. The van der Waals surface area contributed by atoms with Gasteiger partial charge in [-0.2, -0.15) is 0 Å². The number of hydrogen-bond donors (Lipinski definition) is 2. The van der Waals surface area contributed by atoms with E-state index < -0.39 is 0 Å². The zero-order valence-corrected chi connectivity index (χ0v) is 12.2. The Morgan fingerprint density at radius 2 is 1.91 bits per heavy atom. The Labute approximate surface area is 128 Å². The summed E-state index contributed by atoms with van der Waals surface area (Å²) in [6, 6.07) is 9.62. The second-order valence-electron chi connectivity index (χ2n) is 5.29. The molecule has 22 heavy (non-hydrogen) atoms. The maximum atomic E-state index is 12.4. The standard InChI is InChI=1S/C16H18N4O2/c21-15(17-10-12-6-2-1-3-7-12)13-14(19-11-18-13)16(22)20-8-4-5-9-20/h1-3,6-7,11H,4-5,8-10H2,(H,17,21)(H,18,19). The Morgan fingerprint density at radius 3 is 2.64 bits per heavy atom. The molecule has 0 unspecified atom stereocenters.